The maximum atomic E-state index is 12.6. The van der Waals surface area contributed by atoms with Gasteiger partial charge < -0.3 is 5.32 Å². The number of aryl methyl sites for hydroxylation is 1. The molecule has 3 rings (SSSR count). The monoisotopic (exact) mass is 517 g/mol. The average molecular weight is 518 g/mol. The summed E-state index contributed by atoms with van der Waals surface area (Å²) in [7, 11) is -7.81. The van der Waals surface area contributed by atoms with E-state index in [0.29, 0.717) is 11.3 Å². The molecule has 0 fully saturated rings. The molecule has 0 atom stereocenters. The number of nitrogens with zero attached hydrogens (tertiary/aromatic N) is 3. The van der Waals surface area contributed by atoms with E-state index < -0.39 is 32.5 Å². The molecule has 2 N–H and O–H groups in total. The van der Waals surface area contributed by atoms with Crippen LogP contribution in [0.15, 0.2) is 65.7 Å². The number of hydrogen-bond donors (Lipinski definition) is 2. The first-order chi connectivity index (χ1) is 16.3. The quantitative estimate of drug-likeness (QED) is 0.409. The number of benzene rings is 2. The number of anilines is 3. The Morgan fingerprint density at radius 3 is 2.29 bits per heavy atom. The minimum absolute atomic E-state index is 0.0721. The highest BCUT2D eigenvalue weighted by Crippen LogP contribution is 2.21. The summed E-state index contributed by atoms with van der Waals surface area (Å²) in [5, 5.41) is 2.54. The molecule has 13 heteroatoms. The molecule has 11 nitrogen and oxygen atoms in total. The molecule has 1 heterocycles. The molecule has 0 aliphatic heterocycles. The zero-order chi connectivity index (χ0) is 25.8. The first-order valence-corrected chi connectivity index (χ1v) is 13.5. The maximum absolute atomic E-state index is 12.6. The maximum Gasteiger partial charge on any atom is 0.264 e. The molecule has 0 spiro atoms. The third kappa shape index (κ3) is 6.83. The number of carbonyl (C=O) groups excluding carboxylic acids is 2. The van der Waals surface area contributed by atoms with Crippen LogP contribution in [0.25, 0.3) is 0 Å². The van der Waals surface area contributed by atoms with Gasteiger partial charge in [0.2, 0.25) is 21.9 Å². The Kier molecular flexibility index (Phi) is 7.51. The number of amides is 1. The van der Waals surface area contributed by atoms with E-state index >= 15 is 0 Å². The van der Waals surface area contributed by atoms with Gasteiger partial charge in [0.15, 0.2) is 5.78 Å². The highest BCUT2D eigenvalue weighted by Gasteiger charge is 2.22. The van der Waals surface area contributed by atoms with Crippen LogP contribution in [0, 0.1) is 6.92 Å². The summed E-state index contributed by atoms with van der Waals surface area (Å²) >= 11 is 0. The third-order valence-electron chi connectivity index (χ3n) is 4.70. The minimum Gasteiger partial charge on any atom is -0.325 e. The molecule has 0 aliphatic carbocycles. The van der Waals surface area contributed by atoms with Crippen LogP contribution in [0.3, 0.4) is 0 Å². The fraction of sp³-hybridized carbons (Fsp3) is 0.182. The van der Waals surface area contributed by atoms with Gasteiger partial charge in [-0.3, -0.25) is 13.9 Å². The summed E-state index contributed by atoms with van der Waals surface area (Å²) < 4.78 is 52.9. The lowest BCUT2D eigenvalue weighted by atomic mass is 10.1. The summed E-state index contributed by atoms with van der Waals surface area (Å²) in [5.74, 6) is -0.981. The summed E-state index contributed by atoms with van der Waals surface area (Å²) in [6, 6.07) is 12.8. The van der Waals surface area contributed by atoms with Gasteiger partial charge in [0.25, 0.3) is 10.0 Å². The second-order valence-electron chi connectivity index (χ2n) is 7.58. The molecule has 1 aromatic heterocycles. The lowest BCUT2D eigenvalue weighted by Gasteiger charge is -2.22. The largest absolute Gasteiger partial charge is 0.325 e. The summed E-state index contributed by atoms with van der Waals surface area (Å²) in [4.78, 5) is 32.0. The van der Waals surface area contributed by atoms with Crippen LogP contribution >= 0.6 is 0 Å². The molecular formula is C22H23N5O6S2. The molecule has 184 valence electrons. The number of hydrogen-bond acceptors (Lipinski definition) is 8. The Hall–Kier alpha value is -3.84. The van der Waals surface area contributed by atoms with Crippen molar-refractivity contribution in [3.05, 3.63) is 72.1 Å². The predicted molar refractivity (Wildman–Crippen MR) is 131 cm³/mol. The highest BCUT2D eigenvalue weighted by atomic mass is 32.2. The Balaban J connectivity index is 1.73. The Morgan fingerprint density at radius 2 is 1.69 bits per heavy atom. The lowest BCUT2D eigenvalue weighted by molar-refractivity contribution is -0.114. The molecule has 0 radical (unpaired) electrons. The van der Waals surface area contributed by atoms with Gasteiger partial charge in [-0.15, -0.1) is 0 Å². The van der Waals surface area contributed by atoms with E-state index in [9.17, 15) is 26.4 Å². The van der Waals surface area contributed by atoms with E-state index in [1.165, 1.54) is 55.6 Å². The van der Waals surface area contributed by atoms with Gasteiger partial charge in [-0.05, 0) is 56.3 Å². The Bertz CT molecular complexity index is 1470. The summed E-state index contributed by atoms with van der Waals surface area (Å²) in [5.41, 5.74) is 1.32. The second kappa shape index (κ2) is 10.2. The van der Waals surface area contributed by atoms with Gasteiger partial charge in [0.05, 0.1) is 16.8 Å². The number of rotatable bonds is 9. The van der Waals surface area contributed by atoms with Crippen molar-refractivity contribution >= 4 is 49.1 Å². The van der Waals surface area contributed by atoms with E-state index in [0.717, 1.165) is 10.6 Å². The van der Waals surface area contributed by atoms with Crippen molar-refractivity contribution in [1.29, 1.82) is 0 Å². The van der Waals surface area contributed by atoms with E-state index in [2.05, 4.69) is 20.0 Å². The molecule has 0 saturated carbocycles. The highest BCUT2D eigenvalue weighted by molar-refractivity contribution is 7.92. The van der Waals surface area contributed by atoms with Crippen molar-refractivity contribution in [3.8, 4) is 0 Å². The van der Waals surface area contributed by atoms with Crippen molar-refractivity contribution < 1.29 is 26.4 Å². The van der Waals surface area contributed by atoms with Crippen LogP contribution in [-0.2, 0) is 24.8 Å². The van der Waals surface area contributed by atoms with Gasteiger partial charge >= 0.3 is 0 Å². The van der Waals surface area contributed by atoms with Crippen LogP contribution in [-0.4, -0.2) is 51.3 Å². The zero-order valence-electron chi connectivity index (χ0n) is 19.1. The van der Waals surface area contributed by atoms with Gasteiger partial charge in [-0.1, -0.05) is 12.1 Å². The number of sulfonamides is 2. The predicted octanol–water partition coefficient (Wildman–Crippen LogP) is 2.19. The summed E-state index contributed by atoms with van der Waals surface area (Å²) in [6.07, 6.45) is 2.38. The van der Waals surface area contributed by atoms with Crippen molar-refractivity contribution in [2.45, 2.75) is 18.7 Å². The van der Waals surface area contributed by atoms with Crippen molar-refractivity contribution in [1.82, 2.24) is 9.97 Å². The third-order valence-corrected chi connectivity index (χ3v) is 7.18. The Labute approximate surface area is 203 Å². The first kappa shape index (κ1) is 25.8. The first-order valence-electron chi connectivity index (χ1n) is 10.2. The number of aromatic nitrogens is 2. The van der Waals surface area contributed by atoms with E-state index in [1.807, 2.05) is 0 Å². The van der Waals surface area contributed by atoms with E-state index in [4.69, 9.17) is 0 Å². The zero-order valence-corrected chi connectivity index (χ0v) is 20.7. The molecular weight excluding hydrogens is 494 g/mol. The molecule has 3 aromatic rings. The van der Waals surface area contributed by atoms with E-state index in [-0.39, 0.29) is 28.0 Å². The molecule has 0 aliphatic rings. The molecule has 0 unspecified atom stereocenters. The molecule has 0 bridgehead atoms. The molecule has 1 amide bonds. The number of carbonyl (C=O) groups is 2. The molecule has 35 heavy (non-hydrogen) atoms. The van der Waals surface area contributed by atoms with Crippen molar-refractivity contribution in [2.24, 2.45) is 0 Å². The van der Waals surface area contributed by atoms with Gasteiger partial charge in [0, 0.05) is 23.1 Å². The summed E-state index contributed by atoms with van der Waals surface area (Å²) in [6.45, 7) is 2.50. The van der Waals surface area contributed by atoms with Crippen molar-refractivity contribution in [2.75, 3.05) is 27.1 Å². The minimum atomic E-state index is -3.96. The van der Waals surface area contributed by atoms with Gasteiger partial charge in [-0.2, -0.15) is 0 Å². The second-order valence-corrected chi connectivity index (χ2v) is 11.2. The van der Waals surface area contributed by atoms with Crippen LogP contribution < -0.4 is 14.3 Å². The number of ketones is 1. The molecule has 2 aromatic carbocycles. The fourth-order valence-electron chi connectivity index (χ4n) is 3.01. The van der Waals surface area contributed by atoms with Crippen LogP contribution in [0.4, 0.5) is 17.3 Å². The SMILES string of the molecule is CC(=O)c1cccc(N(CC(=O)Nc2ccc(S(=O)(=O)Nc3nccc(C)n3)cc2)S(C)(=O)=O)c1. The fourth-order valence-corrected chi connectivity index (χ4v) is 4.80. The topological polar surface area (TPSA) is 156 Å². The smallest absolute Gasteiger partial charge is 0.264 e. The normalized spacial score (nSPS) is 11.5. The van der Waals surface area contributed by atoms with Gasteiger partial charge in [0.1, 0.15) is 6.54 Å². The standard InChI is InChI=1S/C22H23N5O6S2/c1-15-11-12-23-22(24-15)26-35(32,33)20-9-7-18(8-10-20)25-21(29)14-27(34(3,30)31)19-6-4-5-17(13-19)16(2)28/h4-13H,14H2,1-3H3,(H,25,29)(H,23,24,26). The van der Waals surface area contributed by atoms with E-state index in [1.54, 1.807) is 19.1 Å². The van der Waals surface area contributed by atoms with Crippen LogP contribution in [0.1, 0.15) is 23.0 Å². The number of nitrogens with one attached hydrogen (secondary N) is 2. The van der Waals surface area contributed by atoms with Crippen LogP contribution in [0.2, 0.25) is 0 Å². The van der Waals surface area contributed by atoms with Crippen molar-refractivity contribution in [3.63, 3.8) is 0 Å². The number of Topliss-reactive ketones (excluding diaryl/α,β-unsaturated/α-hetero) is 1. The molecule has 0 saturated heterocycles. The Morgan fingerprint density at radius 1 is 1.00 bits per heavy atom. The average Bonchev–Trinajstić information content (AvgIpc) is 2.77. The van der Waals surface area contributed by atoms with Gasteiger partial charge in [-0.25, -0.2) is 31.5 Å². The van der Waals surface area contributed by atoms with Crippen LogP contribution in [0.5, 0.6) is 0 Å². The lowest BCUT2D eigenvalue weighted by Crippen LogP contribution is -2.37.